The van der Waals surface area contributed by atoms with E-state index in [4.69, 9.17) is 4.55 Å². The van der Waals surface area contributed by atoms with Crippen LogP contribution in [-0.4, -0.2) is 42.5 Å². The number of benzene rings is 1. The molecular formula is C9H13NaO3S. The first kappa shape index (κ1) is 14.1. The Labute approximate surface area is 107 Å². The van der Waals surface area contributed by atoms with Gasteiger partial charge in [0.1, 0.15) is 4.75 Å². The summed E-state index contributed by atoms with van der Waals surface area (Å²) in [7, 11) is -4.06. The van der Waals surface area contributed by atoms with Gasteiger partial charge in [-0.2, -0.15) is 8.42 Å². The minimum absolute atomic E-state index is 0. The fourth-order valence-corrected chi connectivity index (χ4v) is 1.42. The van der Waals surface area contributed by atoms with Crippen LogP contribution in [0.2, 0.25) is 0 Å². The van der Waals surface area contributed by atoms with Crippen LogP contribution in [0.15, 0.2) is 30.3 Å². The van der Waals surface area contributed by atoms with E-state index in [1.165, 1.54) is 13.8 Å². The Morgan fingerprint density at radius 1 is 1.14 bits per heavy atom. The average molecular weight is 224 g/mol. The zero-order chi connectivity index (χ0) is 10.1. The molecule has 5 heteroatoms. The van der Waals surface area contributed by atoms with Gasteiger partial charge in [0.25, 0.3) is 10.1 Å². The zero-order valence-electron chi connectivity index (χ0n) is 7.56. The van der Waals surface area contributed by atoms with Gasteiger partial charge in [0.15, 0.2) is 0 Å². The molecule has 0 aliphatic heterocycles. The molecule has 1 aromatic carbocycles. The molecule has 0 radical (unpaired) electrons. The molecular weight excluding hydrogens is 211 g/mol. The van der Waals surface area contributed by atoms with Crippen molar-refractivity contribution in [3.63, 3.8) is 0 Å². The monoisotopic (exact) mass is 224 g/mol. The van der Waals surface area contributed by atoms with E-state index in [9.17, 15) is 8.42 Å². The Kier molecular flexibility index (Phi) is 4.81. The molecule has 0 aliphatic rings. The number of rotatable bonds is 2. The van der Waals surface area contributed by atoms with E-state index in [-0.39, 0.29) is 29.6 Å². The summed E-state index contributed by atoms with van der Waals surface area (Å²) in [5.41, 5.74) is 0.581. The van der Waals surface area contributed by atoms with Crippen LogP contribution in [-0.2, 0) is 14.9 Å². The summed E-state index contributed by atoms with van der Waals surface area (Å²) >= 11 is 0. The second-order valence-electron chi connectivity index (χ2n) is 3.35. The van der Waals surface area contributed by atoms with Gasteiger partial charge in [0.2, 0.25) is 0 Å². The number of hydrogen-bond acceptors (Lipinski definition) is 2. The van der Waals surface area contributed by atoms with Gasteiger partial charge in [-0.1, -0.05) is 30.3 Å². The van der Waals surface area contributed by atoms with Crippen LogP contribution in [0.5, 0.6) is 0 Å². The standard InChI is InChI=1S/C9H12O3S.Na.H/c1-9(2,13(10,11)12)8-6-4-3-5-7-8;;/h3-7H,1-2H3,(H,10,11,12);;. The van der Waals surface area contributed by atoms with Crippen LogP contribution in [0.3, 0.4) is 0 Å². The molecule has 0 saturated heterocycles. The second-order valence-corrected chi connectivity index (χ2v) is 5.32. The predicted molar refractivity (Wildman–Crippen MR) is 58.2 cm³/mol. The van der Waals surface area contributed by atoms with Crippen molar-refractivity contribution in [2.24, 2.45) is 0 Å². The summed E-state index contributed by atoms with van der Waals surface area (Å²) in [4.78, 5) is 0. The summed E-state index contributed by atoms with van der Waals surface area (Å²) in [6, 6.07) is 8.62. The van der Waals surface area contributed by atoms with Crippen molar-refractivity contribution in [2.45, 2.75) is 18.6 Å². The third-order valence-corrected chi connectivity index (χ3v) is 3.64. The molecule has 0 aliphatic carbocycles. The van der Waals surface area contributed by atoms with Crippen LogP contribution in [0, 0.1) is 0 Å². The molecule has 0 saturated carbocycles. The normalized spacial score (nSPS) is 11.9. The topological polar surface area (TPSA) is 54.4 Å². The van der Waals surface area contributed by atoms with E-state index in [1.807, 2.05) is 0 Å². The molecule has 14 heavy (non-hydrogen) atoms. The van der Waals surface area contributed by atoms with Gasteiger partial charge in [0.05, 0.1) is 0 Å². The van der Waals surface area contributed by atoms with Gasteiger partial charge in [-0.25, -0.2) is 0 Å². The summed E-state index contributed by atoms with van der Waals surface area (Å²) < 4.78 is 29.7. The molecule has 1 N–H and O–H groups in total. The summed E-state index contributed by atoms with van der Waals surface area (Å²) in [5, 5.41) is 0. The van der Waals surface area contributed by atoms with E-state index in [2.05, 4.69) is 0 Å². The quantitative estimate of drug-likeness (QED) is 0.606. The average Bonchev–Trinajstić information content (AvgIpc) is 2.04. The van der Waals surface area contributed by atoms with Gasteiger partial charge in [-0.05, 0) is 19.4 Å². The SMILES string of the molecule is CC(C)(c1ccccc1)S(=O)(=O)O.[NaH]. The summed E-state index contributed by atoms with van der Waals surface area (Å²) in [6.45, 7) is 2.94. The fourth-order valence-electron chi connectivity index (χ4n) is 0.988. The molecule has 0 aromatic heterocycles. The first-order valence-electron chi connectivity index (χ1n) is 3.88. The van der Waals surface area contributed by atoms with Gasteiger partial charge in [0, 0.05) is 0 Å². The molecule has 0 unspecified atom stereocenters. The van der Waals surface area contributed by atoms with Gasteiger partial charge in [-0.15, -0.1) is 0 Å². The zero-order valence-corrected chi connectivity index (χ0v) is 8.38. The molecule has 0 amide bonds. The van der Waals surface area contributed by atoms with Crippen molar-refractivity contribution in [1.82, 2.24) is 0 Å². The van der Waals surface area contributed by atoms with Crippen LogP contribution in [0.1, 0.15) is 19.4 Å². The first-order chi connectivity index (χ1) is 5.86. The third-order valence-electron chi connectivity index (χ3n) is 2.11. The minimum atomic E-state index is -4.06. The Balaban J connectivity index is 0.00000169. The second kappa shape index (κ2) is 4.77. The van der Waals surface area contributed by atoms with E-state index in [1.54, 1.807) is 30.3 Å². The predicted octanol–water partition coefficient (Wildman–Crippen LogP) is 1.16. The molecule has 0 fully saturated rings. The summed E-state index contributed by atoms with van der Waals surface area (Å²) in [5.74, 6) is 0. The molecule has 0 bridgehead atoms. The Morgan fingerprint density at radius 2 is 1.57 bits per heavy atom. The number of hydrogen-bond donors (Lipinski definition) is 1. The maximum absolute atomic E-state index is 11.0. The molecule has 3 nitrogen and oxygen atoms in total. The van der Waals surface area contributed by atoms with Crippen molar-refractivity contribution in [1.29, 1.82) is 0 Å². The van der Waals surface area contributed by atoms with E-state index < -0.39 is 14.9 Å². The van der Waals surface area contributed by atoms with E-state index in [0.29, 0.717) is 5.56 Å². The van der Waals surface area contributed by atoms with Crippen LogP contribution >= 0.6 is 0 Å². The van der Waals surface area contributed by atoms with Gasteiger partial charge < -0.3 is 0 Å². The van der Waals surface area contributed by atoms with Crippen molar-refractivity contribution in [3.8, 4) is 0 Å². The van der Waals surface area contributed by atoms with Crippen molar-refractivity contribution < 1.29 is 13.0 Å². The van der Waals surface area contributed by atoms with Crippen LogP contribution in [0.4, 0.5) is 0 Å². The van der Waals surface area contributed by atoms with Crippen LogP contribution < -0.4 is 0 Å². The molecule has 1 aromatic rings. The summed E-state index contributed by atoms with van der Waals surface area (Å²) in [6.07, 6.45) is 0. The first-order valence-corrected chi connectivity index (χ1v) is 5.32. The molecule has 0 atom stereocenters. The van der Waals surface area contributed by atoms with Gasteiger partial charge >= 0.3 is 29.6 Å². The van der Waals surface area contributed by atoms with Gasteiger partial charge in [-0.3, -0.25) is 4.55 Å². The molecule has 74 valence electrons. The van der Waals surface area contributed by atoms with E-state index >= 15 is 0 Å². The molecule has 1 rings (SSSR count). The van der Waals surface area contributed by atoms with Crippen molar-refractivity contribution >= 4 is 39.7 Å². The van der Waals surface area contributed by atoms with Crippen molar-refractivity contribution in [2.75, 3.05) is 0 Å². The Hall–Kier alpha value is 0.130. The molecule has 0 heterocycles. The Morgan fingerprint density at radius 3 is 1.93 bits per heavy atom. The third kappa shape index (κ3) is 2.81. The maximum atomic E-state index is 11.0. The molecule has 0 spiro atoms. The van der Waals surface area contributed by atoms with E-state index in [0.717, 1.165) is 0 Å². The van der Waals surface area contributed by atoms with Crippen molar-refractivity contribution in [3.05, 3.63) is 35.9 Å². The fraction of sp³-hybridized carbons (Fsp3) is 0.333. The Bertz CT molecular complexity index is 384. The van der Waals surface area contributed by atoms with Crippen LogP contribution in [0.25, 0.3) is 0 Å².